The number of thioether (sulfide) groups is 1. The van der Waals surface area contributed by atoms with E-state index in [0.29, 0.717) is 29.2 Å². The van der Waals surface area contributed by atoms with E-state index in [0.717, 1.165) is 10.5 Å². The van der Waals surface area contributed by atoms with E-state index in [9.17, 15) is 14.4 Å². The molecule has 1 N–H and O–H groups in total. The van der Waals surface area contributed by atoms with E-state index in [4.69, 9.17) is 11.6 Å². The van der Waals surface area contributed by atoms with E-state index < -0.39 is 0 Å². The van der Waals surface area contributed by atoms with Crippen LogP contribution in [0.25, 0.3) is 0 Å². The van der Waals surface area contributed by atoms with E-state index in [2.05, 4.69) is 5.32 Å². The fourth-order valence-electron chi connectivity index (χ4n) is 3.76. The lowest BCUT2D eigenvalue weighted by Crippen LogP contribution is -2.30. The second-order valence-electron chi connectivity index (χ2n) is 7.46. The summed E-state index contributed by atoms with van der Waals surface area (Å²) in [6.45, 7) is 1.90. The fourth-order valence-corrected chi connectivity index (χ4v) is 4.64. The van der Waals surface area contributed by atoms with Crippen LogP contribution in [0.5, 0.6) is 0 Å². The first-order valence-electron chi connectivity index (χ1n) is 9.75. The molecule has 5 nitrogen and oxygen atoms in total. The van der Waals surface area contributed by atoms with E-state index in [1.165, 1.54) is 16.7 Å². The maximum atomic E-state index is 12.7. The van der Waals surface area contributed by atoms with Gasteiger partial charge in [0, 0.05) is 15.6 Å². The summed E-state index contributed by atoms with van der Waals surface area (Å²) in [7, 11) is 0. The predicted octanol–water partition coefficient (Wildman–Crippen LogP) is 4.83. The Morgan fingerprint density at radius 3 is 2.30 bits per heavy atom. The molecule has 2 atom stereocenters. The van der Waals surface area contributed by atoms with Crippen LogP contribution in [0.4, 0.5) is 11.4 Å². The number of hydrogen-bond acceptors (Lipinski definition) is 4. The van der Waals surface area contributed by atoms with Crippen molar-refractivity contribution in [3.05, 3.63) is 65.2 Å². The standard InChI is InChI=1S/C23H21ClN2O3S/c1-14-6-7-15(12-20(14)24)25-21(27)13-30-17-10-8-16(9-11-17)26-22(28)18-4-2-3-5-19(18)23(26)29/h2-3,6-12,18-19H,4-5,13H2,1H3,(H,25,27)/t18-,19+. The zero-order chi connectivity index (χ0) is 21.3. The average molecular weight is 441 g/mol. The summed E-state index contributed by atoms with van der Waals surface area (Å²) < 4.78 is 0. The van der Waals surface area contributed by atoms with Crippen LogP contribution in [0.1, 0.15) is 18.4 Å². The number of halogens is 1. The monoisotopic (exact) mass is 440 g/mol. The number of anilines is 2. The molecule has 1 aliphatic carbocycles. The quantitative estimate of drug-likeness (QED) is 0.410. The van der Waals surface area contributed by atoms with Crippen molar-refractivity contribution in [2.45, 2.75) is 24.7 Å². The summed E-state index contributed by atoms with van der Waals surface area (Å²) in [5, 5.41) is 3.44. The lowest BCUT2D eigenvalue weighted by Gasteiger charge is -2.15. The van der Waals surface area contributed by atoms with Gasteiger partial charge >= 0.3 is 0 Å². The summed E-state index contributed by atoms with van der Waals surface area (Å²) >= 11 is 7.47. The van der Waals surface area contributed by atoms with Gasteiger partial charge in [0.2, 0.25) is 17.7 Å². The van der Waals surface area contributed by atoms with Crippen molar-refractivity contribution in [2.75, 3.05) is 16.0 Å². The number of fused-ring (bicyclic) bond motifs is 1. The van der Waals surface area contributed by atoms with Crippen LogP contribution in [0.2, 0.25) is 5.02 Å². The highest BCUT2D eigenvalue weighted by Gasteiger charge is 2.47. The number of imide groups is 1. The second kappa shape index (κ2) is 8.66. The van der Waals surface area contributed by atoms with Gasteiger partial charge < -0.3 is 5.32 Å². The molecule has 4 rings (SSSR count). The van der Waals surface area contributed by atoms with E-state index in [1.54, 1.807) is 18.2 Å². The van der Waals surface area contributed by atoms with Crippen molar-refractivity contribution in [1.82, 2.24) is 0 Å². The Morgan fingerprint density at radius 2 is 1.70 bits per heavy atom. The van der Waals surface area contributed by atoms with Gasteiger partial charge in [-0.2, -0.15) is 0 Å². The number of carbonyl (C=O) groups excluding carboxylic acids is 3. The first-order chi connectivity index (χ1) is 14.4. The minimum Gasteiger partial charge on any atom is -0.325 e. The zero-order valence-corrected chi connectivity index (χ0v) is 18.0. The van der Waals surface area contributed by atoms with Crippen molar-refractivity contribution >= 4 is 52.5 Å². The third kappa shape index (κ3) is 4.16. The van der Waals surface area contributed by atoms with Crippen LogP contribution >= 0.6 is 23.4 Å². The Bertz CT molecular complexity index is 1010. The van der Waals surface area contributed by atoms with Crippen LogP contribution in [0.3, 0.4) is 0 Å². The molecule has 2 aromatic carbocycles. The molecule has 0 bridgehead atoms. The molecule has 0 aromatic heterocycles. The van der Waals surface area contributed by atoms with Crippen LogP contribution < -0.4 is 10.2 Å². The number of rotatable bonds is 5. The Balaban J connectivity index is 1.36. The SMILES string of the molecule is Cc1ccc(NC(=O)CSc2ccc(N3C(=O)[C@H]4CC=CC[C@H]4C3=O)cc2)cc1Cl. The molecular weight excluding hydrogens is 420 g/mol. The van der Waals surface area contributed by atoms with Crippen molar-refractivity contribution in [2.24, 2.45) is 11.8 Å². The van der Waals surface area contributed by atoms with Gasteiger partial charge in [0.1, 0.15) is 0 Å². The molecule has 1 aliphatic heterocycles. The zero-order valence-electron chi connectivity index (χ0n) is 16.4. The molecule has 7 heteroatoms. The van der Waals surface area contributed by atoms with Crippen LogP contribution in [0.15, 0.2) is 59.5 Å². The van der Waals surface area contributed by atoms with Gasteiger partial charge in [0.25, 0.3) is 0 Å². The summed E-state index contributed by atoms with van der Waals surface area (Å²) in [5.41, 5.74) is 2.20. The minimum absolute atomic E-state index is 0.120. The highest BCUT2D eigenvalue weighted by atomic mass is 35.5. The maximum absolute atomic E-state index is 12.7. The molecule has 0 spiro atoms. The highest BCUT2D eigenvalue weighted by molar-refractivity contribution is 8.00. The third-order valence-corrected chi connectivity index (χ3v) is 6.85. The molecule has 0 unspecified atom stereocenters. The molecule has 154 valence electrons. The molecule has 1 saturated heterocycles. The molecule has 2 aliphatic rings. The van der Waals surface area contributed by atoms with Crippen molar-refractivity contribution in [3.63, 3.8) is 0 Å². The predicted molar refractivity (Wildman–Crippen MR) is 120 cm³/mol. The molecule has 2 aromatic rings. The van der Waals surface area contributed by atoms with Crippen LogP contribution in [-0.4, -0.2) is 23.5 Å². The maximum Gasteiger partial charge on any atom is 0.238 e. The number of nitrogens with one attached hydrogen (secondary N) is 1. The number of benzene rings is 2. The molecule has 30 heavy (non-hydrogen) atoms. The van der Waals surface area contributed by atoms with E-state index in [-0.39, 0.29) is 35.3 Å². The molecule has 3 amide bonds. The molecule has 0 radical (unpaired) electrons. The lowest BCUT2D eigenvalue weighted by atomic mass is 9.85. The molecule has 1 fully saturated rings. The van der Waals surface area contributed by atoms with E-state index >= 15 is 0 Å². The summed E-state index contributed by atoms with van der Waals surface area (Å²) in [6, 6.07) is 12.6. The Hall–Kier alpha value is -2.57. The van der Waals surface area contributed by atoms with Gasteiger partial charge in [-0.3, -0.25) is 19.3 Å². The number of nitrogens with zero attached hydrogens (tertiary/aromatic N) is 1. The number of amides is 3. The van der Waals surface area contributed by atoms with Gasteiger partial charge in [-0.25, -0.2) is 0 Å². The molecular formula is C23H21ClN2O3S. The fraction of sp³-hybridized carbons (Fsp3) is 0.261. The second-order valence-corrected chi connectivity index (χ2v) is 8.92. The van der Waals surface area contributed by atoms with Gasteiger partial charge in [0.05, 0.1) is 23.3 Å². The Morgan fingerprint density at radius 1 is 1.07 bits per heavy atom. The Labute approximate surface area is 184 Å². The number of aryl methyl sites for hydroxylation is 1. The summed E-state index contributed by atoms with van der Waals surface area (Å²) in [4.78, 5) is 39.7. The van der Waals surface area contributed by atoms with Crippen molar-refractivity contribution in [3.8, 4) is 0 Å². The van der Waals surface area contributed by atoms with Crippen LogP contribution in [0, 0.1) is 18.8 Å². The molecule has 0 saturated carbocycles. The average Bonchev–Trinajstić information content (AvgIpc) is 3.00. The van der Waals surface area contributed by atoms with Gasteiger partial charge in [-0.15, -0.1) is 11.8 Å². The normalized spacial score (nSPS) is 20.4. The first kappa shape index (κ1) is 20.7. The van der Waals surface area contributed by atoms with Gasteiger partial charge in [0.15, 0.2) is 0 Å². The topological polar surface area (TPSA) is 66.5 Å². The Kier molecular flexibility index (Phi) is 5.97. The van der Waals surface area contributed by atoms with E-state index in [1.807, 2.05) is 43.3 Å². The third-order valence-electron chi connectivity index (χ3n) is 5.43. The number of carbonyl (C=O) groups is 3. The van der Waals surface area contributed by atoms with Gasteiger partial charge in [-0.05, 0) is 61.7 Å². The molecule has 1 heterocycles. The number of allylic oxidation sites excluding steroid dienone is 2. The van der Waals surface area contributed by atoms with Crippen molar-refractivity contribution < 1.29 is 14.4 Å². The first-order valence-corrected chi connectivity index (χ1v) is 11.1. The highest BCUT2D eigenvalue weighted by Crippen LogP contribution is 2.38. The lowest BCUT2D eigenvalue weighted by molar-refractivity contribution is -0.122. The van der Waals surface area contributed by atoms with Gasteiger partial charge in [-0.1, -0.05) is 29.8 Å². The number of hydrogen-bond donors (Lipinski definition) is 1. The summed E-state index contributed by atoms with van der Waals surface area (Å²) in [5.74, 6) is -0.615. The largest absolute Gasteiger partial charge is 0.325 e. The minimum atomic E-state index is -0.240. The van der Waals surface area contributed by atoms with Crippen LogP contribution in [-0.2, 0) is 14.4 Å². The smallest absolute Gasteiger partial charge is 0.238 e. The van der Waals surface area contributed by atoms with Crippen molar-refractivity contribution in [1.29, 1.82) is 0 Å². The summed E-state index contributed by atoms with van der Waals surface area (Å²) in [6.07, 6.45) is 5.21.